The van der Waals surface area contributed by atoms with Gasteiger partial charge in [-0.3, -0.25) is 10.1 Å². The van der Waals surface area contributed by atoms with Gasteiger partial charge in [-0.2, -0.15) is 4.31 Å². The van der Waals surface area contributed by atoms with Gasteiger partial charge in [0.2, 0.25) is 10.0 Å². The van der Waals surface area contributed by atoms with Gasteiger partial charge in [0, 0.05) is 37.3 Å². The molecule has 0 spiro atoms. The van der Waals surface area contributed by atoms with Crippen molar-refractivity contribution in [2.75, 3.05) is 13.1 Å². The molecule has 1 heterocycles. The van der Waals surface area contributed by atoms with Gasteiger partial charge in [-0.05, 0) is 32.4 Å². The number of non-ortho nitro benzene ring substituents is 1. The fraction of sp³-hybridized carbons (Fsp3) is 0.538. The number of nitro benzene ring substituents is 1. The summed E-state index contributed by atoms with van der Waals surface area (Å²) in [6, 6.07) is 3.99. The van der Waals surface area contributed by atoms with Gasteiger partial charge in [0.25, 0.3) is 5.69 Å². The number of benzene rings is 1. The van der Waals surface area contributed by atoms with E-state index in [0.717, 1.165) is 0 Å². The van der Waals surface area contributed by atoms with Crippen LogP contribution < -0.4 is 5.32 Å². The number of nitrogens with one attached hydrogen (secondary N) is 1. The van der Waals surface area contributed by atoms with Crippen molar-refractivity contribution in [3.8, 4) is 0 Å². The van der Waals surface area contributed by atoms with Crippen LogP contribution in [0.1, 0.15) is 19.4 Å². The maximum atomic E-state index is 12.7. The molecule has 116 valence electrons. The van der Waals surface area contributed by atoms with Gasteiger partial charge in [-0.15, -0.1) is 0 Å². The molecular weight excluding hydrogens is 294 g/mol. The maximum absolute atomic E-state index is 12.7. The van der Waals surface area contributed by atoms with Gasteiger partial charge in [-0.25, -0.2) is 8.42 Å². The molecule has 2 rings (SSSR count). The summed E-state index contributed by atoms with van der Waals surface area (Å²) in [6.45, 7) is 6.23. The molecule has 2 unspecified atom stereocenters. The van der Waals surface area contributed by atoms with Crippen molar-refractivity contribution < 1.29 is 13.3 Å². The average molecular weight is 313 g/mol. The van der Waals surface area contributed by atoms with Crippen molar-refractivity contribution in [3.63, 3.8) is 0 Å². The van der Waals surface area contributed by atoms with Crippen LogP contribution >= 0.6 is 0 Å². The Morgan fingerprint density at radius 2 is 1.86 bits per heavy atom. The first-order valence-electron chi connectivity index (χ1n) is 6.73. The predicted octanol–water partition coefficient (Wildman–Crippen LogP) is 1.27. The van der Waals surface area contributed by atoms with Crippen LogP contribution in [0.2, 0.25) is 0 Å². The summed E-state index contributed by atoms with van der Waals surface area (Å²) in [5, 5.41) is 14.0. The fourth-order valence-electron chi connectivity index (χ4n) is 2.65. The molecule has 1 saturated heterocycles. The first-order chi connectivity index (χ1) is 9.71. The molecule has 0 bridgehead atoms. The van der Waals surface area contributed by atoms with Gasteiger partial charge >= 0.3 is 0 Å². The highest BCUT2D eigenvalue weighted by Crippen LogP contribution is 2.25. The van der Waals surface area contributed by atoms with Crippen LogP contribution in [0.4, 0.5) is 5.69 Å². The second-order valence-electron chi connectivity index (χ2n) is 5.50. The molecular formula is C13H19N3O4S. The van der Waals surface area contributed by atoms with Crippen LogP contribution in [0.5, 0.6) is 0 Å². The highest BCUT2D eigenvalue weighted by Gasteiger charge is 2.32. The lowest BCUT2D eigenvalue weighted by molar-refractivity contribution is -0.385. The second-order valence-corrected chi connectivity index (χ2v) is 7.40. The minimum atomic E-state index is -3.63. The van der Waals surface area contributed by atoms with E-state index in [4.69, 9.17) is 0 Å². The molecule has 1 aliphatic heterocycles. The molecule has 1 aliphatic rings. The van der Waals surface area contributed by atoms with Crippen molar-refractivity contribution in [1.82, 2.24) is 9.62 Å². The van der Waals surface area contributed by atoms with Crippen LogP contribution in [-0.2, 0) is 10.0 Å². The van der Waals surface area contributed by atoms with Crippen molar-refractivity contribution in [2.45, 2.75) is 37.8 Å². The Balaban J connectivity index is 2.37. The lowest BCUT2D eigenvalue weighted by atomic mass is 10.2. The van der Waals surface area contributed by atoms with Crippen LogP contribution in [0.15, 0.2) is 23.1 Å². The molecule has 1 aromatic carbocycles. The van der Waals surface area contributed by atoms with Crippen LogP contribution in [-0.4, -0.2) is 42.8 Å². The number of nitro groups is 1. The van der Waals surface area contributed by atoms with Crippen molar-refractivity contribution in [2.24, 2.45) is 0 Å². The summed E-state index contributed by atoms with van der Waals surface area (Å²) >= 11 is 0. The Morgan fingerprint density at radius 1 is 1.29 bits per heavy atom. The van der Waals surface area contributed by atoms with Gasteiger partial charge < -0.3 is 5.32 Å². The summed E-state index contributed by atoms with van der Waals surface area (Å²) in [7, 11) is -3.63. The largest absolute Gasteiger partial charge is 0.309 e. The molecule has 0 aliphatic carbocycles. The Hall–Kier alpha value is -1.51. The molecule has 8 heteroatoms. The molecule has 0 amide bonds. The van der Waals surface area contributed by atoms with Crippen molar-refractivity contribution in [3.05, 3.63) is 33.9 Å². The molecule has 7 nitrogen and oxygen atoms in total. The van der Waals surface area contributed by atoms with E-state index >= 15 is 0 Å². The molecule has 0 radical (unpaired) electrons. The molecule has 21 heavy (non-hydrogen) atoms. The molecule has 1 N–H and O–H groups in total. The highest BCUT2D eigenvalue weighted by molar-refractivity contribution is 7.89. The maximum Gasteiger partial charge on any atom is 0.269 e. The van der Waals surface area contributed by atoms with Crippen molar-refractivity contribution >= 4 is 15.7 Å². The first-order valence-corrected chi connectivity index (χ1v) is 8.17. The van der Waals surface area contributed by atoms with E-state index < -0.39 is 14.9 Å². The van der Waals surface area contributed by atoms with E-state index in [0.29, 0.717) is 18.7 Å². The van der Waals surface area contributed by atoms with E-state index in [1.165, 1.54) is 22.5 Å². The standard InChI is InChI=1S/C13H19N3O4S/c1-9-6-12(16(17)18)4-5-13(9)21(19,20)15-7-10(2)14-11(3)8-15/h4-6,10-11,14H,7-8H2,1-3H3. The van der Waals surface area contributed by atoms with Gasteiger partial charge in [0.05, 0.1) is 9.82 Å². The predicted molar refractivity (Wildman–Crippen MR) is 78.7 cm³/mol. The summed E-state index contributed by atoms with van der Waals surface area (Å²) in [5.74, 6) is 0. The quantitative estimate of drug-likeness (QED) is 0.670. The number of piperazine rings is 1. The first kappa shape index (κ1) is 15.9. The highest BCUT2D eigenvalue weighted by atomic mass is 32.2. The number of aryl methyl sites for hydroxylation is 1. The molecule has 0 saturated carbocycles. The average Bonchev–Trinajstić information content (AvgIpc) is 2.36. The number of nitrogens with zero attached hydrogens (tertiary/aromatic N) is 2. The Bertz CT molecular complexity index is 649. The third kappa shape index (κ3) is 3.22. The molecule has 0 aromatic heterocycles. The number of rotatable bonds is 3. The topological polar surface area (TPSA) is 92.5 Å². The molecule has 1 fully saturated rings. The van der Waals surface area contributed by atoms with Gasteiger partial charge in [-0.1, -0.05) is 0 Å². The van der Waals surface area contributed by atoms with Gasteiger partial charge in [0.15, 0.2) is 0 Å². The minimum absolute atomic E-state index is 0.0712. The summed E-state index contributed by atoms with van der Waals surface area (Å²) in [4.78, 5) is 10.3. The van der Waals surface area contributed by atoms with E-state index in [1.807, 2.05) is 13.8 Å². The zero-order valence-corrected chi connectivity index (χ0v) is 13.1. The van der Waals surface area contributed by atoms with Crippen molar-refractivity contribution in [1.29, 1.82) is 0 Å². The third-order valence-electron chi connectivity index (χ3n) is 3.51. The molecule has 1 aromatic rings. The van der Waals surface area contributed by atoms with Crippen LogP contribution in [0.3, 0.4) is 0 Å². The Morgan fingerprint density at radius 3 is 2.33 bits per heavy atom. The second kappa shape index (κ2) is 5.70. The number of sulfonamides is 1. The van der Waals surface area contributed by atoms with Gasteiger partial charge in [0.1, 0.15) is 0 Å². The van der Waals surface area contributed by atoms with E-state index in [2.05, 4.69) is 5.32 Å². The third-order valence-corrected chi connectivity index (χ3v) is 5.50. The summed E-state index contributed by atoms with van der Waals surface area (Å²) in [6.07, 6.45) is 0. The smallest absolute Gasteiger partial charge is 0.269 e. The van der Waals surface area contributed by atoms with E-state index in [1.54, 1.807) is 6.92 Å². The summed E-state index contributed by atoms with van der Waals surface area (Å²) in [5.41, 5.74) is 0.288. The summed E-state index contributed by atoms with van der Waals surface area (Å²) < 4.78 is 26.9. The normalized spacial score (nSPS) is 24.0. The Kier molecular flexibility index (Phi) is 4.31. The monoisotopic (exact) mass is 313 g/mol. The Labute approximate surface area is 124 Å². The fourth-order valence-corrected chi connectivity index (χ4v) is 4.47. The number of hydrogen-bond donors (Lipinski definition) is 1. The van der Waals surface area contributed by atoms with E-state index in [9.17, 15) is 18.5 Å². The molecule has 2 atom stereocenters. The number of hydrogen-bond acceptors (Lipinski definition) is 5. The minimum Gasteiger partial charge on any atom is -0.309 e. The SMILES string of the molecule is Cc1cc([N+](=O)[O-])ccc1S(=O)(=O)N1CC(C)NC(C)C1. The zero-order chi connectivity index (χ0) is 15.8. The van der Waals surface area contributed by atoms with Crippen LogP contribution in [0, 0.1) is 17.0 Å². The lowest BCUT2D eigenvalue weighted by Gasteiger charge is -2.35. The van der Waals surface area contributed by atoms with Crippen LogP contribution in [0.25, 0.3) is 0 Å². The zero-order valence-electron chi connectivity index (χ0n) is 12.2. The lowest BCUT2D eigenvalue weighted by Crippen LogP contribution is -2.55. The van der Waals surface area contributed by atoms with E-state index in [-0.39, 0.29) is 22.7 Å².